The lowest BCUT2D eigenvalue weighted by Gasteiger charge is -1.87. The fourth-order valence-electron chi connectivity index (χ4n) is 1.33. The van der Waals surface area contributed by atoms with Crippen LogP contribution in [0.25, 0.3) is 10.8 Å². The molecule has 1 aromatic carbocycles. The second kappa shape index (κ2) is 2.62. The Labute approximate surface area is 74.9 Å². The molecule has 2 aromatic rings. The Bertz CT molecular complexity index is 462. The predicted octanol–water partition coefficient (Wildman–Crippen LogP) is 3.08. The van der Waals surface area contributed by atoms with Gasteiger partial charge in [-0.05, 0) is 12.3 Å². The lowest BCUT2D eigenvalue weighted by Crippen LogP contribution is -1.66. The Morgan fingerprint density at radius 3 is 2.58 bits per heavy atom. The van der Waals surface area contributed by atoms with Crippen LogP contribution in [0.2, 0.25) is 0 Å². The van der Waals surface area contributed by atoms with Crippen LogP contribution in [0.5, 0.6) is 0 Å². The smallest absolute Gasteiger partial charge is 0.112 e. The molecule has 58 valence electrons. The third-order valence-electron chi connectivity index (χ3n) is 1.91. The van der Waals surface area contributed by atoms with E-state index in [4.69, 9.17) is 5.26 Å². The van der Waals surface area contributed by atoms with Crippen molar-refractivity contribution in [2.24, 2.45) is 0 Å². The first-order valence-electron chi connectivity index (χ1n) is 3.71. The highest BCUT2D eigenvalue weighted by molar-refractivity contribution is 7.14. The van der Waals surface area contributed by atoms with Crippen molar-refractivity contribution in [2.45, 2.75) is 6.92 Å². The number of fused-ring (bicyclic) bond motifs is 1. The minimum absolute atomic E-state index is 0.822. The van der Waals surface area contributed by atoms with Gasteiger partial charge in [0.25, 0.3) is 0 Å². The van der Waals surface area contributed by atoms with Crippen molar-refractivity contribution >= 4 is 22.1 Å². The van der Waals surface area contributed by atoms with Crippen LogP contribution in [-0.4, -0.2) is 0 Å². The zero-order valence-electron chi connectivity index (χ0n) is 6.66. The summed E-state index contributed by atoms with van der Waals surface area (Å²) < 4.78 is 0. The molecule has 12 heavy (non-hydrogen) atoms. The Hall–Kier alpha value is -1.33. The maximum atomic E-state index is 8.81. The Balaban J connectivity index is 2.94. The van der Waals surface area contributed by atoms with Gasteiger partial charge in [-0.3, -0.25) is 0 Å². The maximum Gasteiger partial charge on any atom is 0.112 e. The molecule has 1 aromatic heterocycles. The number of nitriles is 1. The lowest BCUT2D eigenvalue weighted by atomic mass is 10.1. The van der Waals surface area contributed by atoms with E-state index in [0.29, 0.717) is 0 Å². The van der Waals surface area contributed by atoms with Gasteiger partial charge in [0.05, 0.1) is 0 Å². The highest BCUT2D eigenvalue weighted by atomic mass is 32.1. The number of benzene rings is 1. The summed E-state index contributed by atoms with van der Waals surface area (Å²) in [5.41, 5.74) is 0. The van der Waals surface area contributed by atoms with Crippen LogP contribution < -0.4 is 0 Å². The van der Waals surface area contributed by atoms with E-state index in [1.165, 1.54) is 10.3 Å². The molecule has 0 unspecified atom stereocenters. The first-order valence-corrected chi connectivity index (χ1v) is 4.53. The van der Waals surface area contributed by atoms with Crippen LogP contribution in [0.1, 0.15) is 9.75 Å². The molecule has 0 N–H and O–H groups in total. The molecule has 2 rings (SSSR count). The summed E-state index contributed by atoms with van der Waals surface area (Å²) in [6.45, 7) is 2.05. The second-order valence-electron chi connectivity index (χ2n) is 2.64. The van der Waals surface area contributed by atoms with Gasteiger partial charge in [-0.1, -0.05) is 24.3 Å². The van der Waals surface area contributed by atoms with Gasteiger partial charge in [-0.2, -0.15) is 5.26 Å². The van der Waals surface area contributed by atoms with Crippen LogP contribution in [0.3, 0.4) is 0 Å². The minimum Gasteiger partial charge on any atom is -0.192 e. The monoisotopic (exact) mass is 173 g/mol. The summed E-state index contributed by atoms with van der Waals surface area (Å²) in [4.78, 5) is 2.05. The Kier molecular flexibility index (Phi) is 1.60. The van der Waals surface area contributed by atoms with Crippen molar-refractivity contribution in [3.8, 4) is 6.07 Å². The van der Waals surface area contributed by atoms with Crippen LogP contribution in [0.4, 0.5) is 0 Å². The SMILES string of the molecule is Cc1sc(C#N)c2ccccc12. The minimum atomic E-state index is 0.822. The van der Waals surface area contributed by atoms with E-state index in [9.17, 15) is 0 Å². The number of rotatable bonds is 0. The quantitative estimate of drug-likeness (QED) is 0.600. The zero-order chi connectivity index (χ0) is 8.55. The Morgan fingerprint density at radius 1 is 1.25 bits per heavy atom. The first kappa shape index (κ1) is 7.33. The van der Waals surface area contributed by atoms with Crippen molar-refractivity contribution < 1.29 is 0 Å². The normalized spacial score (nSPS) is 10.0. The standard InChI is InChI=1S/C10H7NS/c1-7-8-4-2-3-5-9(8)10(6-11)12-7/h2-5H,1H3. The van der Waals surface area contributed by atoms with Gasteiger partial charge in [-0.25, -0.2) is 0 Å². The van der Waals surface area contributed by atoms with Crippen LogP contribution in [-0.2, 0) is 0 Å². The van der Waals surface area contributed by atoms with E-state index < -0.39 is 0 Å². The highest BCUT2D eigenvalue weighted by Gasteiger charge is 2.05. The fourth-order valence-corrected chi connectivity index (χ4v) is 2.26. The molecule has 0 fully saturated rings. The molecule has 0 bridgehead atoms. The molecular weight excluding hydrogens is 166 g/mol. The highest BCUT2D eigenvalue weighted by Crippen LogP contribution is 2.29. The topological polar surface area (TPSA) is 23.8 Å². The van der Waals surface area contributed by atoms with Gasteiger partial charge >= 0.3 is 0 Å². The summed E-state index contributed by atoms with van der Waals surface area (Å²) in [5, 5.41) is 11.1. The van der Waals surface area contributed by atoms with Crippen molar-refractivity contribution in [1.29, 1.82) is 5.26 Å². The van der Waals surface area contributed by atoms with Crippen molar-refractivity contribution in [3.63, 3.8) is 0 Å². The fraction of sp³-hybridized carbons (Fsp3) is 0.100. The van der Waals surface area contributed by atoms with Crippen molar-refractivity contribution in [1.82, 2.24) is 0 Å². The van der Waals surface area contributed by atoms with E-state index in [1.54, 1.807) is 11.3 Å². The van der Waals surface area contributed by atoms with Gasteiger partial charge in [0, 0.05) is 10.3 Å². The van der Waals surface area contributed by atoms with Gasteiger partial charge in [0.15, 0.2) is 0 Å². The molecule has 0 aliphatic carbocycles. The van der Waals surface area contributed by atoms with Gasteiger partial charge in [0.1, 0.15) is 10.9 Å². The molecule has 0 saturated carbocycles. The van der Waals surface area contributed by atoms with Crippen LogP contribution in [0.15, 0.2) is 24.3 Å². The maximum absolute atomic E-state index is 8.81. The largest absolute Gasteiger partial charge is 0.192 e. The van der Waals surface area contributed by atoms with E-state index in [1.807, 2.05) is 25.1 Å². The molecule has 1 nitrogen and oxygen atoms in total. The summed E-state index contributed by atoms with van der Waals surface area (Å²) in [6, 6.07) is 10.2. The zero-order valence-corrected chi connectivity index (χ0v) is 7.48. The lowest BCUT2D eigenvalue weighted by molar-refractivity contribution is 1.53. The summed E-state index contributed by atoms with van der Waals surface area (Å²) in [6.07, 6.45) is 0. The van der Waals surface area contributed by atoms with E-state index in [-0.39, 0.29) is 0 Å². The third kappa shape index (κ3) is 0.910. The van der Waals surface area contributed by atoms with E-state index in [0.717, 1.165) is 10.3 Å². The second-order valence-corrected chi connectivity index (χ2v) is 3.87. The van der Waals surface area contributed by atoms with Crippen molar-refractivity contribution in [2.75, 3.05) is 0 Å². The molecule has 0 atom stereocenters. The molecule has 0 spiro atoms. The van der Waals surface area contributed by atoms with Gasteiger partial charge in [0.2, 0.25) is 0 Å². The third-order valence-corrected chi connectivity index (χ3v) is 2.95. The number of hydrogen-bond acceptors (Lipinski definition) is 2. The average molecular weight is 173 g/mol. The van der Waals surface area contributed by atoms with E-state index >= 15 is 0 Å². The molecule has 2 heteroatoms. The van der Waals surface area contributed by atoms with Crippen LogP contribution >= 0.6 is 11.3 Å². The summed E-state index contributed by atoms with van der Waals surface area (Å²) in [7, 11) is 0. The summed E-state index contributed by atoms with van der Waals surface area (Å²) >= 11 is 1.57. The molecule has 0 aliphatic rings. The van der Waals surface area contributed by atoms with Gasteiger partial charge in [-0.15, -0.1) is 11.3 Å². The average Bonchev–Trinajstić information content (AvgIpc) is 2.44. The van der Waals surface area contributed by atoms with E-state index in [2.05, 4.69) is 12.1 Å². The Morgan fingerprint density at radius 2 is 1.92 bits per heavy atom. The number of nitrogens with zero attached hydrogens (tertiary/aromatic N) is 1. The van der Waals surface area contributed by atoms with Crippen LogP contribution in [0, 0.1) is 18.3 Å². The first-order chi connectivity index (χ1) is 5.83. The van der Waals surface area contributed by atoms with Gasteiger partial charge < -0.3 is 0 Å². The van der Waals surface area contributed by atoms with Crippen molar-refractivity contribution in [3.05, 3.63) is 34.0 Å². The number of thiophene rings is 1. The number of aryl methyl sites for hydroxylation is 1. The molecule has 0 amide bonds. The molecule has 0 radical (unpaired) electrons. The molecule has 1 heterocycles. The molecule has 0 aliphatic heterocycles. The molecular formula is C10H7NS. The number of hydrogen-bond donors (Lipinski definition) is 0. The predicted molar refractivity (Wildman–Crippen MR) is 51.3 cm³/mol. The summed E-state index contributed by atoms with van der Waals surface area (Å²) in [5.74, 6) is 0. The molecule has 0 saturated heterocycles.